The monoisotopic (exact) mass is 563 g/mol. The zero-order valence-electron chi connectivity index (χ0n) is 20.8. The van der Waals surface area contributed by atoms with E-state index in [1.165, 1.54) is 34.6 Å². The van der Waals surface area contributed by atoms with E-state index >= 15 is 0 Å². The van der Waals surface area contributed by atoms with Crippen molar-refractivity contribution in [1.82, 2.24) is 14.6 Å². The number of esters is 1. The Balaban J connectivity index is 0.000000431. The van der Waals surface area contributed by atoms with E-state index in [2.05, 4.69) is 45.1 Å². The Morgan fingerprint density at radius 3 is 2.17 bits per heavy atom. The summed E-state index contributed by atoms with van der Waals surface area (Å²) in [6.07, 6.45) is -1.35. The first kappa shape index (κ1) is 29.0. The molecule has 0 bridgehead atoms. The van der Waals surface area contributed by atoms with Crippen LogP contribution >= 0.6 is 15.9 Å². The Labute approximate surface area is 217 Å². The number of alkyl halides is 3. The lowest BCUT2D eigenvalue weighted by Gasteiger charge is -2.14. The summed E-state index contributed by atoms with van der Waals surface area (Å²) >= 11 is 3.38. The molecule has 0 fully saturated rings. The molecular formula is C27H29BrF3N3O2. The van der Waals surface area contributed by atoms with Crippen LogP contribution in [0.5, 0.6) is 0 Å². The molecule has 1 unspecified atom stereocenters. The van der Waals surface area contributed by atoms with E-state index < -0.39 is 23.6 Å². The topological polar surface area (TPSA) is 56.5 Å². The molecule has 36 heavy (non-hydrogen) atoms. The third-order valence-corrected chi connectivity index (χ3v) is 5.64. The van der Waals surface area contributed by atoms with Crippen molar-refractivity contribution in [3.63, 3.8) is 0 Å². The Kier molecular flexibility index (Phi) is 10.6. The van der Waals surface area contributed by atoms with Gasteiger partial charge in [-0.3, -0.25) is 4.79 Å². The highest BCUT2D eigenvalue weighted by Crippen LogP contribution is 2.33. The van der Waals surface area contributed by atoms with Crippen LogP contribution in [0.4, 0.5) is 13.2 Å². The van der Waals surface area contributed by atoms with Gasteiger partial charge in [-0.05, 0) is 54.4 Å². The lowest BCUT2D eigenvalue weighted by molar-refractivity contribution is -0.144. The van der Waals surface area contributed by atoms with Crippen LogP contribution in [0.15, 0.2) is 71.5 Å². The third kappa shape index (κ3) is 7.16. The van der Waals surface area contributed by atoms with Gasteiger partial charge in [-0.1, -0.05) is 61.9 Å². The number of halogens is 4. The van der Waals surface area contributed by atoms with E-state index in [0.29, 0.717) is 26.9 Å². The standard InChI is InChI=1S/C18H15BrF3N3O2.C7H8.C2H6/c1-3-27-17(26)10(2)15-14(19)9-23-16-13(8-24-25(15)16)11-4-6-12(7-5-11)18(20,21)22;1-7-5-3-2-4-6-7;1-2/h4-10H,3H2,1-2H3;2-6H,1H3;1-2H3. The van der Waals surface area contributed by atoms with E-state index in [9.17, 15) is 18.0 Å². The summed E-state index contributed by atoms with van der Waals surface area (Å²) in [5.41, 5.74) is 2.69. The van der Waals surface area contributed by atoms with Gasteiger partial charge in [-0.15, -0.1) is 0 Å². The second-order valence-electron chi connectivity index (χ2n) is 7.49. The zero-order valence-corrected chi connectivity index (χ0v) is 22.4. The second-order valence-corrected chi connectivity index (χ2v) is 8.34. The van der Waals surface area contributed by atoms with Gasteiger partial charge < -0.3 is 4.74 Å². The molecule has 1 atom stereocenters. The molecular weight excluding hydrogens is 535 g/mol. The maximum Gasteiger partial charge on any atom is 0.416 e. The first-order valence-electron chi connectivity index (χ1n) is 11.5. The predicted molar refractivity (Wildman–Crippen MR) is 139 cm³/mol. The van der Waals surface area contributed by atoms with Crippen molar-refractivity contribution < 1.29 is 22.7 Å². The average Bonchev–Trinajstić information content (AvgIpc) is 3.29. The lowest BCUT2D eigenvalue weighted by atomic mass is 10.1. The molecule has 5 nitrogen and oxygen atoms in total. The van der Waals surface area contributed by atoms with Crippen LogP contribution in [-0.2, 0) is 15.7 Å². The molecule has 2 aromatic carbocycles. The highest BCUT2D eigenvalue weighted by Gasteiger charge is 2.30. The van der Waals surface area contributed by atoms with Crippen molar-refractivity contribution in [2.75, 3.05) is 6.61 Å². The van der Waals surface area contributed by atoms with Gasteiger partial charge in [0.15, 0.2) is 5.65 Å². The fourth-order valence-corrected chi connectivity index (χ4v) is 3.89. The fraction of sp³-hybridized carbons (Fsp3) is 0.296. The SMILES string of the molecule is CC.CCOC(=O)C(C)c1c(Br)cnc2c(-c3ccc(C(F)(F)F)cc3)cnn12.Cc1ccccc1. The highest BCUT2D eigenvalue weighted by atomic mass is 79.9. The number of aryl methyl sites for hydroxylation is 1. The zero-order chi connectivity index (χ0) is 26.9. The minimum Gasteiger partial charge on any atom is -0.465 e. The summed E-state index contributed by atoms with van der Waals surface area (Å²) < 4.78 is 45.4. The number of ether oxygens (including phenoxy) is 1. The molecule has 2 aromatic heterocycles. The number of fused-ring (bicyclic) bond motifs is 1. The number of benzene rings is 2. The smallest absolute Gasteiger partial charge is 0.416 e. The van der Waals surface area contributed by atoms with Crippen LogP contribution in [0, 0.1) is 6.92 Å². The minimum absolute atomic E-state index is 0.255. The Morgan fingerprint density at radius 1 is 1.06 bits per heavy atom. The van der Waals surface area contributed by atoms with Crippen LogP contribution in [-0.4, -0.2) is 27.2 Å². The molecule has 0 spiro atoms. The van der Waals surface area contributed by atoms with Gasteiger partial charge in [-0.2, -0.15) is 18.3 Å². The average molecular weight is 564 g/mol. The normalized spacial score (nSPS) is 11.6. The number of nitrogens with zero attached hydrogens (tertiary/aromatic N) is 3. The summed E-state index contributed by atoms with van der Waals surface area (Å²) in [6, 6.07) is 15.0. The van der Waals surface area contributed by atoms with Crippen molar-refractivity contribution >= 4 is 27.5 Å². The number of hydrogen-bond acceptors (Lipinski definition) is 4. The van der Waals surface area contributed by atoms with Gasteiger partial charge in [0, 0.05) is 11.8 Å². The molecule has 9 heteroatoms. The van der Waals surface area contributed by atoms with E-state index in [4.69, 9.17) is 4.74 Å². The second kappa shape index (κ2) is 13.2. The van der Waals surface area contributed by atoms with Gasteiger partial charge in [0.05, 0.1) is 34.5 Å². The molecule has 192 valence electrons. The van der Waals surface area contributed by atoms with Crippen molar-refractivity contribution in [3.05, 3.63) is 88.3 Å². The molecule has 0 aliphatic carbocycles. The number of carbonyl (C=O) groups excluding carboxylic acids is 1. The number of hydrogen-bond donors (Lipinski definition) is 0. The number of aromatic nitrogens is 3. The molecule has 4 rings (SSSR count). The number of rotatable bonds is 4. The van der Waals surface area contributed by atoms with Gasteiger partial charge in [0.1, 0.15) is 0 Å². The molecule has 0 aliphatic heterocycles. The van der Waals surface area contributed by atoms with Crippen LogP contribution in [0.3, 0.4) is 0 Å². The molecule has 0 radical (unpaired) electrons. The summed E-state index contributed by atoms with van der Waals surface area (Å²) in [7, 11) is 0. The van der Waals surface area contributed by atoms with Crippen LogP contribution in [0.1, 0.15) is 50.4 Å². The maximum atomic E-state index is 12.8. The predicted octanol–water partition coefficient (Wildman–Crippen LogP) is 7.87. The van der Waals surface area contributed by atoms with Crippen molar-refractivity contribution in [3.8, 4) is 11.1 Å². The Hall–Kier alpha value is -3.20. The fourth-order valence-electron chi connectivity index (χ4n) is 3.27. The van der Waals surface area contributed by atoms with E-state index in [-0.39, 0.29) is 6.61 Å². The van der Waals surface area contributed by atoms with Crippen LogP contribution in [0.25, 0.3) is 16.8 Å². The third-order valence-electron chi connectivity index (χ3n) is 5.03. The van der Waals surface area contributed by atoms with E-state index in [1.54, 1.807) is 13.8 Å². The molecule has 0 amide bonds. The minimum atomic E-state index is -4.40. The summed E-state index contributed by atoms with van der Waals surface area (Å²) in [5, 5.41) is 4.28. The molecule has 4 aromatic rings. The first-order valence-corrected chi connectivity index (χ1v) is 12.3. The van der Waals surface area contributed by atoms with Crippen LogP contribution < -0.4 is 0 Å². The summed E-state index contributed by atoms with van der Waals surface area (Å²) in [5.74, 6) is -1.01. The molecule has 0 saturated heterocycles. The Bertz CT molecular complexity index is 1260. The van der Waals surface area contributed by atoms with E-state index in [1.807, 2.05) is 32.0 Å². The summed E-state index contributed by atoms with van der Waals surface area (Å²) in [6.45, 7) is 9.75. The van der Waals surface area contributed by atoms with Crippen molar-refractivity contribution in [2.45, 2.75) is 46.7 Å². The highest BCUT2D eigenvalue weighted by molar-refractivity contribution is 9.10. The van der Waals surface area contributed by atoms with Gasteiger partial charge in [0.2, 0.25) is 0 Å². The molecule has 0 saturated carbocycles. The van der Waals surface area contributed by atoms with Crippen molar-refractivity contribution in [1.29, 1.82) is 0 Å². The Morgan fingerprint density at radius 2 is 1.67 bits per heavy atom. The largest absolute Gasteiger partial charge is 0.465 e. The first-order chi connectivity index (χ1) is 17.1. The van der Waals surface area contributed by atoms with Crippen molar-refractivity contribution in [2.24, 2.45) is 0 Å². The quantitative estimate of drug-likeness (QED) is 0.237. The van der Waals surface area contributed by atoms with Gasteiger partial charge >= 0.3 is 12.1 Å². The molecule has 0 aliphatic rings. The molecule has 0 N–H and O–H groups in total. The lowest BCUT2D eigenvalue weighted by Crippen LogP contribution is -2.17. The maximum absolute atomic E-state index is 12.8. The van der Waals surface area contributed by atoms with Crippen LogP contribution in [0.2, 0.25) is 0 Å². The number of carbonyl (C=O) groups is 1. The molecule has 2 heterocycles. The summed E-state index contributed by atoms with van der Waals surface area (Å²) in [4.78, 5) is 16.5. The van der Waals surface area contributed by atoms with Gasteiger partial charge in [0.25, 0.3) is 0 Å². The van der Waals surface area contributed by atoms with E-state index in [0.717, 1.165) is 12.1 Å². The van der Waals surface area contributed by atoms with Gasteiger partial charge in [-0.25, -0.2) is 9.50 Å².